The lowest BCUT2D eigenvalue weighted by Gasteiger charge is -2.43. The molecule has 0 aromatic heterocycles. The Balaban J connectivity index is 2.79. The molecule has 5 nitrogen and oxygen atoms in total. The van der Waals surface area contributed by atoms with Crippen molar-refractivity contribution in [3.8, 4) is 0 Å². The summed E-state index contributed by atoms with van der Waals surface area (Å²) in [6.07, 6.45) is 1.51. The second-order valence-corrected chi connectivity index (χ2v) is 5.43. The Morgan fingerprint density at radius 3 is 2.59 bits per heavy atom. The van der Waals surface area contributed by atoms with Crippen molar-refractivity contribution in [1.82, 2.24) is 10.6 Å². The fraction of sp³-hybridized carbons (Fsp3) is 0.917. The highest BCUT2D eigenvalue weighted by Crippen LogP contribution is 2.26. The molecule has 2 amide bonds. The zero-order valence-corrected chi connectivity index (χ0v) is 11.4. The number of rotatable bonds is 4. The number of carbonyl (C=O) groups is 1. The van der Waals surface area contributed by atoms with E-state index in [2.05, 4.69) is 10.6 Å². The van der Waals surface area contributed by atoms with Crippen LogP contribution in [0, 0.1) is 0 Å². The van der Waals surface area contributed by atoms with Crippen molar-refractivity contribution in [2.45, 2.75) is 65.1 Å². The van der Waals surface area contributed by atoms with Gasteiger partial charge in [-0.25, -0.2) is 4.79 Å². The van der Waals surface area contributed by atoms with Gasteiger partial charge in [-0.05, 0) is 34.1 Å². The molecule has 1 aliphatic heterocycles. The highest BCUT2D eigenvalue weighted by molar-refractivity contribution is 5.75. The van der Waals surface area contributed by atoms with Crippen molar-refractivity contribution < 1.29 is 14.3 Å². The van der Waals surface area contributed by atoms with Crippen LogP contribution >= 0.6 is 0 Å². The van der Waals surface area contributed by atoms with E-state index in [1.54, 1.807) is 0 Å². The summed E-state index contributed by atoms with van der Waals surface area (Å²) in [5.74, 6) is -1.00. The molecular formula is C12H24N2O3. The molecule has 1 heterocycles. The summed E-state index contributed by atoms with van der Waals surface area (Å²) in [5.41, 5.74) is -0.377. The molecule has 0 saturated carbocycles. The second-order valence-electron chi connectivity index (χ2n) is 5.43. The monoisotopic (exact) mass is 244 g/mol. The average Bonchev–Trinajstić information content (AvgIpc) is 2.13. The lowest BCUT2D eigenvalue weighted by atomic mass is 10.1. The minimum atomic E-state index is -1.00. The van der Waals surface area contributed by atoms with Gasteiger partial charge in [0.05, 0.1) is 11.7 Å². The maximum absolute atomic E-state index is 11.5. The van der Waals surface area contributed by atoms with Gasteiger partial charge in [0.25, 0.3) is 5.91 Å². The summed E-state index contributed by atoms with van der Waals surface area (Å²) in [6, 6.07) is -0.246. The number of hydrogen-bond acceptors (Lipinski definition) is 3. The Hall–Kier alpha value is -0.810. The Morgan fingerprint density at radius 2 is 2.12 bits per heavy atom. The van der Waals surface area contributed by atoms with Gasteiger partial charge >= 0.3 is 6.03 Å². The van der Waals surface area contributed by atoms with Crippen LogP contribution in [0.2, 0.25) is 0 Å². The van der Waals surface area contributed by atoms with Crippen LogP contribution < -0.4 is 10.6 Å². The van der Waals surface area contributed by atoms with Crippen LogP contribution in [-0.4, -0.2) is 30.2 Å². The first-order chi connectivity index (χ1) is 7.76. The molecule has 2 atom stereocenters. The summed E-state index contributed by atoms with van der Waals surface area (Å²) >= 11 is 0. The zero-order chi connectivity index (χ0) is 13.1. The largest absolute Gasteiger partial charge is 0.338 e. The van der Waals surface area contributed by atoms with Crippen LogP contribution in [0.3, 0.4) is 0 Å². The van der Waals surface area contributed by atoms with Crippen LogP contribution in [0.5, 0.6) is 0 Å². The molecule has 1 aliphatic rings. The molecule has 1 fully saturated rings. The van der Waals surface area contributed by atoms with Crippen molar-refractivity contribution in [1.29, 1.82) is 0 Å². The predicted octanol–water partition coefficient (Wildman–Crippen LogP) is 1.97. The van der Waals surface area contributed by atoms with Crippen molar-refractivity contribution in [2.75, 3.05) is 6.54 Å². The molecule has 1 saturated heterocycles. The molecule has 0 aliphatic carbocycles. The van der Waals surface area contributed by atoms with E-state index < -0.39 is 5.91 Å². The molecule has 100 valence electrons. The molecular weight excluding hydrogens is 220 g/mol. The summed E-state index contributed by atoms with van der Waals surface area (Å²) in [6.45, 7) is 10.4. The summed E-state index contributed by atoms with van der Waals surface area (Å²) < 4.78 is 11.8. The van der Waals surface area contributed by atoms with Crippen molar-refractivity contribution >= 4 is 6.03 Å². The van der Waals surface area contributed by atoms with Crippen molar-refractivity contribution in [3.63, 3.8) is 0 Å². The standard InChI is InChI=1S/C12H24N2O3/c1-6-9(2)16-12(17-11(3,4)5)7-8-13-10(15)14-12/h9H,6-8H2,1-5H3,(H2,13,14,15). The molecule has 0 radical (unpaired) electrons. The van der Waals surface area contributed by atoms with Crippen LogP contribution in [0.1, 0.15) is 47.5 Å². The van der Waals surface area contributed by atoms with E-state index in [1.165, 1.54) is 0 Å². The molecule has 1 rings (SSSR count). The third-order valence-corrected chi connectivity index (χ3v) is 2.48. The minimum Gasteiger partial charge on any atom is -0.338 e. The van der Waals surface area contributed by atoms with Gasteiger partial charge in [-0.15, -0.1) is 0 Å². The fourth-order valence-electron chi connectivity index (χ4n) is 1.71. The van der Waals surface area contributed by atoms with Gasteiger partial charge < -0.3 is 14.8 Å². The highest BCUT2D eigenvalue weighted by atomic mass is 16.7. The first-order valence-electron chi connectivity index (χ1n) is 6.20. The van der Waals surface area contributed by atoms with Gasteiger partial charge in [-0.2, -0.15) is 0 Å². The van der Waals surface area contributed by atoms with E-state index in [0.29, 0.717) is 13.0 Å². The number of nitrogens with one attached hydrogen (secondary N) is 2. The van der Waals surface area contributed by atoms with E-state index in [4.69, 9.17) is 9.47 Å². The SMILES string of the molecule is CCC(C)OC1(OC(C)(C)C)CCNC(=O)N1. The minimum absolute atomic E-state index is 0.0377. The first-order valence-corrected chi connectivity index (χ1v) is 6.20. The van der Waals surface area contributed by atoms with Gasteiger partial charge in [0, 0.05) is 13.0 Å². The van der Waals surface area contributed by atoms with E-state index >= 15 is 0 Å². The maximum Gasteiger partial charge on any atom is 0.318 e. The molecule has 2 unspecified atom stereocenters. The normalized spacial score (nSPS) is 27.2. The van der Waals surface area contributed by atoms with Gasteiger partial charge in [-0.1, -0.05) is 6.92 Å². The van der Waals surface area contributed by atoms with Gasteiger partial charge in [0.1, 0.15) is 0 Å². The number of carbonyl (C=O) groups excluding carboxylic acids is 1. The van der Waals surface area contributed by atoms with Crippen molar-refractivity contribution in [3.05, 3.63) is 0 Å². The second kappa shape index (κ2) is 5.23. The topological polar surface area (TPSA) is 59.6 Å². The van der Waals surface area contributed by atoms with Gasteiger partial charge in [0.15, 0.2) is 0 Å². The highest BCUT2D eigenvalue weighted by Gasteiger charge is 2.41. The summed E-state index contributed by atoms with van der Waals surface area (Å²) in [7, 11) is 0. The number of ether oxygens (including phenoxy) is 2. The smallest absolute Gasteiger partial charge is 0.318 e. The first kappa shape index (κ1) is 14.3. The molecule has 0 aromatic rings. The third-order valence-electron chi connectivity index (χ3n) is 2.48. The van der Waals surface area contributed by atoms with E-state index in [9.17, 15) is 4.79 Å². The molecule has 0 spiro atoms. The van der Waals surface area contributed by atoms with E-state index in [1.807, 2.05) is 34.6 Å². The van der Waals surface area contributed by atoms with Crippen LogP contribution in [0.15, 0.2) is 0 Å². The Kier molecular flexibility index (Phi) is 4.38. The van der Waals surface area contributed by atoms with Crippen LogP contribution in [0.4, 0.5) is 4.79 Å². The molecule has 0 bridgehead atoms. The number of hydrogen-bond donors (Lipinski definition) is 2. The molecule has 2 N–H and O–H groups in total. The lowest BCUT2D eigenvalue weighted by molar-refractivity contribution is -0.308. The maximum atomic E-state index is 11.5. The van der Waals surface area contributed by atoms with E-state index in [0.717, 1.165) is 6.42 Å². The van der Waals surface area contributed by atoms with Crippen LogP contribution in [-0.2, 0) is 9.47 Å². The van der Waals surface area contributed by atoms with Crippen LogP contribution in [0.25, 0.3) is 0 Å². The van der Waals surface area contributed by atoms with Crippen molar-refractivity contribution in [2.24, 2.45) is 0 Å². The average molecular weight is 244 g/mol. The summed E-state index contributed by atoms with van der Waals surface area (Å²) in [4.78, 5) is 11.5. The predicted molar refractivity (Wildman–Crippen MR) is 65.6 cm³/mol. The zero-order valence-electron chi connectivity index (χ0n) is 11.4. The Morgan fingerprint density at radius 1 is 1.47 bits per heavy atom. The summed E-state index contributed by atoms with van der Waals surface area (Å²) in [5, 5.41) is 5.46. The van der Waals surface area contributed by atoms with E-state index in [-0.39, 0.29) is 17.7 Å². The number of urea groups is 1. The molecule has 17 heavy (non-hydrogen) atoms. The Labute approximate surface area is 103 Å². The molecule has 5 heteroatoms. The fourth-order valence-corrected chi connectivity index (χ4v) is 1.71. The molecule has 0 aromatic carbocycles. The van der Waals surface area contributed by atoms with Gasteiger partial charge in [-0.3, -0.25) is 5.32 Å². The van der Waals surface area contributed by atoms with Gasteiger partial charge in [0.2, 0.25) is 0 Å². The number of amides is 2. The lowest BCUT2D eigenvalue weighted by Crippen LogP contribution is -2.63. The third kappa shape index (κ3) is 4.52. The quantitative estimate of drug-likeness (QED) is 0.743. The Bertz CT molecular complexity index is 275.